The van der Waals surface area contributed by atoms with E-state index in [-0.39, 0.29) is 11.5 Å². The minimum absolute atomic E-state index is 0.000258. The number of aromatic nitrogens is 2. The average molecular weight is 281 g/mol. The number of nitrogens with one attached hydrogen (secondary N) is 1. The number of rotatable bonds is 7. The van der Waals surface area contributed by atoms with Gasteiger partial charge in [-0.2, -0.15) is 4.98 Å². The van der Waals surface area contributed by atoms with Gasteiger partial charge in [-0.1, -0.05) is 32.9 Å². The molecule has 1 heterocycles. The summed E-state index contributed by atoms with van der Waals surface area (Å²) < 4.78 is 10.9. The molecule has 5 nitrogen and oxygen atoms in total. The van der Waals surface area contributed by atoms with Crippen LogP contribution in [0.3, 0.4) is 0 Å². The Balaban J connectivity index is 2.03. The lowest BCUT2D eigenvalue weighted by Gasteiger charge is -2.30. The van der Waals surface area contributed by atoms with Crippen LogP contribution >= 0.6 is 0 Å². The highest BCUT2D eigenvalue weighted by molar-refractivity contribution is 5.00. The topological polar surface area (TPSA) is 60.2 Å². The fourth-order valence-electron chi connectivity index (χ4n) is 2.48. The first-order chi connectivity index (χ1) is 9.45. The van der Waals surface area contributed by atoms with Gasteiger partial charge in [0.2, 0.25) is 11.7 Å². The molecule has 1 aliphatic rings. The fraction of sp³-hybridized carbons (Fsp3) is 0.867. The maximum absolute atomic E-state index is 5.49. The first kappa shape index (κ1) is 15.4. The average Bonchev–Trinajstić information content (AvgIpc) is 3.09. The molecule has 20 heavy (non-hydrogen) atoms. The SMILES string of the molecule is CCNC(Cc1nc(C(OC)C2CC2)no1)C(C)(C)C. The van der Waals surface area contributed by atoms with E-state index in [0.29, 0.717) is 23.7 Å². The Labute approximate surface area is 121 Å². The normalized spacial score (nSPS) is 19.1. The van der Waals surface area contributed by atoms with E-state index in [0.717, 1.165) is 13.0 Å². The summed E-state index contributed by atoms with van der Waals surface area (Å²) in [6, 6.07) is 0.322. The Morgan fingerprint density at radius 3 is 2.60 bits per heavy atom. The van der Waals surface area contributed by atoms with Gasteiger partial charge in [-0.15, -0.1) is 0 Å². The molecule has 1 aromatic heterocycles. The van der Waals surface area contributed by atoms with Gasteiger partial charge in [0.15, 0.2) is 0 Å². The molecule has 1 fully saturated rings. The van der Waals surface area contributed by atoms with Crippen molar-refractivity contribution in [3.63, 3.8) is 0 Å². The zero-order chi connectivity index (χ0) is 14.8. The minimum Gasteiger partial charge on any atom is -0.373 e. The predicted molar refractivity (Wildman–Crippen MR) is 77.4 cm³/mol. The summed E-state index contributed by atoms with van der Waals surface area (Å²) in [4.78, 5) is 4.54. The highest BCUT2D eigenvalue weighted by atomic mass is 16.5. The van der Waals surface area contributed by atoms with Gasteiger partial charge in [-0.05, 0) is 30.7 Å². The monoisotopic (exact) mass is 281 g/mol. The predicted octanol–water partition coefficient (Wildman–Crippen LogP) is 2.73. The fourth-order valence-corrected chi connectivity index (χ4v) is 2.48. The Bertz CT molecular complexity index is 421. The molecule has 0 amide bonds. The van der Waals surface area contributed by atoms with Gasteiger partial charge >= 0.3 is 0 Å². The molecule has 5 heteroatoms. The Morgan fingerprint density at radius 2 is 2.10 bits per heavy atom. The van der Waals surface area contributed by atoms with E-state index in [1.54, 1.807) is 7.11 Å². The number of nitrogens with zero attached hydrogens (tertiary/aromatic N) is 2. The third-order valence-corrected chi connectivity index (χ3v) is 3.92. The van der Waals surface area contributed by atoms with Gasteiger partial charge in [-0.25, -0.2) is 0 Å². The second-order valence-electron chi connectivity index (χ2n) is 6.72. The van der Waals surface area contributed by atoms with E-state index in [4.69, 9.17) is 9.26 Å². The Hall–Kier alpha value is -0.940. The lowest BCUT2D eigenvalue weighted by atomic mass is 9.84. The van der Waals surface area contributed by atoms with E-state index in [1.165, 1.54) is 12.8 Å². The summed E-state index contributed by atoms with van der Waals surface area (Å²) in [5.41, 5.74) is 0.155. The first-order valence-corrected chi connectivity index (χ1v) is 7.54. The Morgan fingerprint density at radius 1 is 1.40 bits per heavy atom. The van der Waals surface area contributed by atoms with Crippen LogP contribution in [0.4, 0.5) is 0 Å². The molecule has 0 aromatic carbocycles. The number of ether oxygens (including phenoxy) is 1. The van der Waals surface area contributed by atoms with Gasteiger partial charge < -0.3 is 14.6 Å². The van der Waals surface area contributed by atoms with Crippen molar-refractivity contribution in [2.24, 2.45) is 11.3 Å². The molecule has 1 aromatic rings. The lowest BCUT2D eigenvalue weighted by Crippen LogP contribution is -2.41. The van der Waals surface area contributed by atoms with Gasteiger partial charge in [0.25, 0.3) is 0 Å². The van der Waals surface area contributed by atoms with Crippen LogP contribution in [0.1, 0.15) is 58.4 Å². The highest BCUT2D eigenvalue weighted by Gasteiger charge is 2.36. The summed E-state index contributed by atoms with van der Waals surface area (Å²) in [6.07, 6.45) is 3.15. The van der Waals surface area contributed by atoms with Crippen molar-refractivity contribution in [2.45, 2.75) is 59.1 Å². The zero-order valence-electron chi connectivity index (χ0n) is 13.3. The molecule has 2 unspecified atom stereocenters. The summed E-state index contributed by atoms with van der Waals surface area (Å²) in [7, 11) is 1.72. The third kappa shape index (κ3) is 3.79. The van der Waals surface area contributed by atoms with Crippen molar-refractivity contribution in [2.75, 3.05) is 13.7 Å². The molecule has 1 N–H and O–H groups in total. The van der Waals surface area contributed by atoms with Crippen LogP contribution in [0, 0.1) is 11.3 Å². The maximum Gasteiger partial charge on any atom is 0.228 e. The summed E-state index contributed by atoms with van der Waals surface area (Å²) >= 11 is 0. The highest BCUT2D eigenvalue weighted by Crippen LogP contribution is 2.41. The van der Waals surface area contributed by atoms with Crippen LogP contribution in [0.25, 0.3) is 0 Å². The second kappa shape index (κ2) is 6.22. The van der Waals surface area contributed by atoms with E-state index in [1.807, 2.05) is 0 Å². The summed E-state index contributed by atoms with van der Waals surface area (Å²) in [5, 5.41) is 7.60. The van der Waals surface area contributed by atoms with Crippen LogP contribution in [0.2, 0.25) is 0 Å². The molecule has 0 bridgehead atoms. The molecule has 114 valence electrons. The number of likely N-dealkylation sites (N-methyl/N-ethyl adjacent to an activating group) is 1. The molecule has 2 rings (SSSR count). The molecule has 2 atom stereocenters. The van der Waals surface area contributed by atoms with Crippen molar-refractivity contribution < 1.29 is 9.26 Å². The first-order valence-electron chi connectivity index (χ1n) is 7.54. The molecular formula is C15H27N3O2. The zero-order valence-corrected chi connectivity index (χ0v) is 13.3. The molecule has 0 saturated heterocycles. The molecular weight excluding hydrogens is 254 g/mol. The standard InChI is InChI=1S/C15H27N3O2/c1-6-16-11(15(2,3)4)9-12-17-14(18-20-12)13(19-5)10-7-8-10/h10-11,13,16H,6-9H2,1-5H3. The Kier molecular flexibility index (Phi) is 4.81. The number of hydrogen-bond acceptors (Lipinski definition) is 5. The van der Waals surface area contributed by atoms with E-state index in [2.05, 4.69) is 43.2 Å². The molecule has 0 radical (unpaired) electrons. The smallest absolute Gasteiger partial charge is 0.228 e. The maximum atomic E-state index is 5.49. The minimum atomic E-state index is -0.000258. The van der Waals surface area contributed by atoms with Crippen molar-refractivity contribution in [1.82, 2.24) is 15.5 Å². The van der Waals surface area contributed by atoms with E-state index >= 15 is 0 Å². The van der Waals surface area contributed by atoms with Crippen molar-refractivity contribution in [3.05, 3.63) is 11.7 Å². The summed E-state index contributed by atoms with van der Waals surface area (Å²) in [6.45, 7) is 9.72. The molecule has 1 aliphatic carbocycles. The van der Waals surface area contributed by atoms with Gasteiger partial charge in [0.05, 0.1) is 0 Å². The third-order valence-electron chi connectivity index (χ3n) is 3.92. The van der Waals surface area contributed by atoms with Crippen LogP contribution in [-0.2, 0) is 11.2 Å². The lowest BCUT2D eigenvalue weighted by molar-refractivity contribution is 0.0751. The largest absolute Gasteiger partial charge is 0.373 e. The van der Waals surface area contributed by atoms with Crippen LogP contribution in [-0.4, -0.2) is 29.8 Å². The van der Waals surface area contributed by atoms with E-state index in [9.17, 15) is 0 Å². The number of hydrogen-bond donors (Lipinski definition) is 1. The van der Waals surface area contributed by atoms with Crippen molar-refractivity contribution >= 4 is 0 Å². The molecule has 0 aliphatic heterocycles. The van der Waals surface area contributed by atoms with Gasteiger partial charge in [0, 0.05) is 19.6 Å². The van der Waals surface area contributed by atoms with Crippen LogP contribution in [0.15, 0.2) is 4.52 Å². The molecule has 0 spiro atoms. The van der Waals surface area contributed by atoms with Crippen molar-refractivity contribution in [1.29, 1.82) is 0 Å². The van der Waals surface area contributed by atoms with Crippen molar-refractivity contribution in [3.8, 4) is 0 Å². The van der Waals surface area contributed by atoms with E-state index < -0.39 is 0 Å². The quantitative estimate of drug-likeness (QED) is 0.832. The summed E-state index contributed by atoms with van der Waals surface area (Å²) in [5.74, 6) is 1.97. The van der Waals surface area contributed by atoms with Gasteiger partial charge in [-0.3, -0.25) is 0 Å². The van der Waals surface area contributed by atoms with Crippen LogP contribution in [0.5, 0.6) is 0 Å². The molecule has 1 saturated carbocycles. The second-order valence-corrected chi connectivity index (χ2v) is 6.72. The van der Waals surface area contributed by atoms with Crippen LogP contribution < -0.4 is 5.32 Å². The van der Waals surface area contributed by atoms with Gasteiger partial charge in [0.1, 0.15) is 6.10 Å². The number of methoxy groups -OCH3 is 1.